The molecule has 0 saturated carbocycles. The van der Waals surface area contributed by atoms with Crippen molar-refractivity contribution in [3.05, 3.63) is 34.3 Å². The molecule has 1 saturated heterocycles. The van der Waals surface area contributed by atoms with Crippen LogP contribution in [0.15, 0.2) is 28.7 Å². The summed E-state index contributed by atoms with van der Waals surface area (Å²) < 4.78 is 6.09. The molecule has 0 N–H and O–H groups in total. The van der Waals surface area contributed by atoms with Gasteiger partial charge in [0.15, 0.2) is 5.78 Å². The van der Waals surface area contributed by atoms with Crippen molar-refractivity contribution in [3.8, 4) is 0 Å². The molecule has 74 valence electrons. The second-order valence-electron chi connectivity index (χ2n) is 3.15. The van der Waals surface area contributed by atoms with Crippen molar-refractivity contribution in [2.24, 2.45) is 0 Å². The van der Waals surface area contributed by atoms with E-state index in [1.165, 1.54) is 0 Å². The SMILES string of the molecule is O=C1COC1[C@@H](Cl)c1ccc(Br)cc1. The van der Waals surface area contributed by atoms with Crippen LogP contribution in [-0.2, 0) is 9.53 Å². The molecule has 0 bridgehead atoms. The molecule has 2 atom stereocenters. The van der Waals surface area contributed by atoms with Gasteiger partial charge in [-0.1, -0.05) is 28.1 Å². The van der Waals surface area contributed by atoms with Crippen LogP contribution in [0.2, 0.25) is 0 Å². The topological polar surface area (TPSA) is 26.3 Å². The second-order valence-corrected chi connectivity index (χ2v) is 4.54. The molecule has 1 unspecified atom stereocenters. The Morgan fingerprint density at radius 1 is 1.43 bits per heavy atom. The Balaban J connectivity index is 2.14. The van der Waals surface area contributed by atoms with Crippen LogP contribution >= 0.6 is 27.5 Å². The lowest BCUT2D eigenvalue weighted by Gasteiger charge is -2.28. The van der Waals surface area contributed by atoms with E-state index in [-0.39, 0.29) is 17.8 Å². The molecule has 4 heteroatoms. The van der Waals surface area contributed by atoms with Gasteiger partial charge in [0.25, 0.3) is 0 Å². The molecule has 1 aliphatic heterocycles. The van der Waals surface area contributed by atoms with Crippen LogP contribution in [0.3, 0.4) is 0 Å². The molecule has 0 spiro atoms. The predicted octanol–water partition coefficient (Wildman–Crippen LogP) is 2.70. The van der Waals surface area contributed by atoms with Gasteiger partial charge in [-0.15, -0.1) is 11.6 Å². The number of Topliss-reactive ketones (excluding diaryl/α,β-unsaturated/α-hetero) is 1. The molecule has 1 aromatic carbocycles. The van der Waals surface area contributed by atoms with E-state index in [0.717, 1.165) is 10.0 Å². The lowest BCUT2D eigenvalue weighted by Crippen LogP contribution is -2.42. The number of ether oxygens (including phenoxy) is 1. The van der Waals surface area contributed by atoms with Crippen LogP contribution in [0.4, 0.5) is 0 Å². The van der Waals surface area contributed by atoms with Crippen molar-refractivity contribution >= 4 is 33.3 Å². The van der Waals surface area contributed by atoms with Gasteiger partial charge in [0.2, 0.25) is 0 Å². The number of carbonyl (C=O) groups excluding carboxylic acids is 1. The normalized spacial score (nSPS) is 23.0. The van der Waals surface area contributed by atoms with Gasteiger partial charge in [0.1, 0.15) is 12.7 Å². The molecule has 2 rings (SSSR count). The molecule has 1 aliphatic rings. The summed E-state index contributed by atoms with van der Waals surface area (Å²) in [5.74, 6) is 0.0768. The number of carbonyl (C=O) groups is 1. The van der Waals surface area contributed by atoms with Gasteiger partial charge >= 0.3 is 0 Å². The maximum atomic E-state index is 11.1. The van der Waals surface area contributed by atoms with Gasteiger partial charge in [0.05, 0.1) is 5.38 Å². The van der Waals surface area contributed by atoms with E-state index in [0.29, 0.717) is 0 Å². The highest BCUT2D eigenvalue weighted by atomic mass is 79.9. The number of hydrogen-bond acceptors (Lipinski definition) is 2. The van der Waals surface area contributed by atoms with Crippen LogP contribution in [-0.4, -0.2) is 18.5 Å². The number of rotatable bonds is 2. The zero-order chi connectivity index (χ0) is 10.1. The van der Waals surface area contributed by atoms with Gasteiger partial charge in [-0.25, -0.2) is 0 Å². The van der Waals surface area contributed by atoms with Crippen molar-refractivity contribution < 1.29 is 9.53 Å². The van der Waals surface area contributed by atoms with E-state index in [4.69, 9.17) is 16.3 Å². The summed E-state index contributed by atoms with van der Waals surface area (Å²) in [4.78, 5) is 11.1. The summed E-state index contributed by atoms with van der Waals surface area (Å²) in [5.41, 5.74) is 0.910. The molecular formula is C10H8BrClO2. The first-order valence-corrected chi connectivity index (χ1v) is 5.45. The molecule has 0 amide bonds. The Labute approximate surface area is 95.3 Å². The molecule has 1 fully saturated rings. The number of benzene rings is 1. The quantitative estimate of drug-likeness (QED) is 0.776. The summed E-state index contributed by atoms with van der Waals surface area (Å²) in [7, 11) is 0. The number of ketones is 1. The van der Waals surface area contributed by atoms with Crippen LogP contribution in [0, 0.1) is 0 Å². The lowest BCUT2D eigenvalue weighted by molar-refractivity contribution is -0.154. The van der Waals surface area contributed by atoms with E-state index >= 15 is 0 Å². The van der Waals surface area contributed by atoms with Gasteiger partial charge in [-0.3, -0.25) is 4.79 Å². The summed E-state index contributed by atoms with van der Waals surface area (Å²) >= 11 is 9.43. The van der Waals surface area contributed by atoms with Crippen molar-refractivity contribution in [1.29, 1.82) is 0 Å². The molecule has 0 aliphatic carbocycles. The molecule has 14 heavy (non-hydrogen) atoms. The molecule has 1 heterocycles. The largest absolute Gasteiger partial charge is 0.361 e. The summed E-state index contributed by atoms with van der Waals surface area (Å²) in [5, 5.41) is -0.371. The minimum absolute atomic E-state index is 0.0768. The second kappa shape index (κ2) is 4.01. The van der Waals surface area contributed by atoms with Crippen molar-refractivity contribution in [2.45, 2.75) is 11.5 Å². The Morgan fingerprint density at radius 2 is 2.07 bits per heavy atom. The Morgan fingerprint density at radius 3 is 2.50 bits per heavy atom. The maximum absolute atomic E-state index is 11.1. The summed E-state index contributed by atoms with van der Waals surface area (Å²) in [6, 6.07) is 7.56. The highest BCUT2D eigenvalue weighted by Gasteiger charge is 2.36. The predicted molar refractivity (Wildman–Crippen MR) is 57.5 cm³/mol. The average Bonchev–Trinajstić information content (AvgIpc) is 2.16. The van der Waals surface area contributed by atoms with E-state index in [1.807, 2.05) is 24.3 Å². The third-order valence-electron chi connectivity index (χ3n) is 2.18. The fourth-order valence-electron chi connectivity index (χ4n) is 1.32. The average molecular weight is 276 g/mol. The van der Waals surface area contributed by atoms with Gasteiger partial charge in [-0.05, 0) is 17.7 Å². The first kappa shape index (κ1) is 10.1. The molecule has 1 aromatic rings. The van der Waals surface area contributed by atoms with Gasteiger partial charge in [-0.2, -0.15) is 0 Å². The Bertz CT molecular complexity index is 350. The van der Waals surface area contributed by atoms with Crippen molar-refractivity contribution in [3.63, 3.8) is 0 Å². The van der Waals surface area contributed by atoms with Crippen LogP contribution in [0.1, 0.15) is 10.9 Å². The monoisotopic (exact) mass is 274 g/mol. The van der Waals surface area contributed by atoms with Crippen molar-refractivity contribution in [1.82, 2.24) is 0 Å². The minimum Gasteiger partial charge on any atom is -0.361 e. The fourth-order valence-corrected chi connectivity index (χ4v) is 1.94. The maximum Gasteiger partial charge on any atom is 0.189 e. The standard InChI is InChI=1S/C10H8BrClO2/c11-7-3-1-6(2-4-7)9(12)10-8(13)5-14-10/h1-4,9-10H,5H2/t9-,10?/m0/s1. The Kier molecular flexibility index (Phi) is 2.91. The minimum atomic E-state index is -0.460. The van der Waals surface area contributed by atoms with Gasteiger partial charge in [0, 0.05) is 4.47 Å². The van der Waals surface area contributed by atoms with E-state index < -0.39 is 6.10 Å². The van der Waals surface area contributed by atoms with Crippen LogP contribution in [0.5, 0.6) is 0 Å². The number of hydrogen-bond donors (Lipinski definition) is 0. The van der Waals surface area contributed by atoms with E-state index in [1.54, 1.807) is 0 Å². The zero-order valence-corrected chi connectivity index (χ0v) is 9.59. The Hall–Kier alpha value is -0.380. The first-order valence-electron chi connectivity index (χ1n) is 4.22. The molecule has 0 aromatic heterocycles. The molecule has 0 radical (unpaired) electrons. The summed E-state index contributed by atoms with van der Waals surface area (Å²) in [6.07, 6.45) is -0.460. The van der Waals surface area contributed by atoms with Gasteiger partial charge < -0.3 is 4.74 Å². The third-order valence-corrected chi connectivity index (χ3v) is 3.19. The number of halogens is 2. The smallest absolute Gasteiger partial charge is 0.189 e. The van der Waals surface area contributed by atoms with E-state index in [2.05, 4.69) is 15.9 Å². The van der Waals surface area contributed by atoms with Crippen LogP contribution < -0.4 is 0 Å². The highest BCUT2D eigenvalue weighted by molar-refractivity contribution is 9.10. The van der Waals surface area contributed by atoms with Crippen LogP contribution in [0.25, 0.3) is 0 Å². The zero-order valence-electron chi connectivity index (χ0n) is 7.24. The fraction of sp³-hybridized carbons (Fsp3) is 0.300. The highest BCUT2D eigenvalue weighted by Crippen LogP contribution is 2.31. The number of alkyl halides is 1. The van der Waals surface area contributed by atoms with E-state index in [9.17, 15) is 4.79 Å². The third kappa shape index (κ3) is 1.85. The molecular weight excluding hydrogens is 267 g/mol. The molecule has 2 nitrogen and oxygen atoms in total. The van der Waals surface area contributed by atoms with Crippen molar-refractivity contribution in [2.75, 3.05) is 6.61 Å². The lowest BCUT2D eigenvalue weighted by atomic mass is 10.0. The summed E-state index contributed by atoms with van der Waals surface area (Å²) in [6.45, 7) is 0.199. The first-order chi connectivity index (χ1) is 6.68.